The average Bonchev–Trinajstić information content (AvgIpc) is 2.36. The highest BCUT2D eigenvalue weighted by atomic mass is 16.5. The first-order valence-corrected chi connectivity index (χ1v) is 6.29. The second-order valence-electron chi connectivity index (χ2n) is 5.37. The molecular weight excluding hydrogens is 258 g/mol. The Hall–Kier alpha value is -2.04. The molecule has 0 saturated carbocycles. The Labute approximate surface area is 119 Å². The second kappa shape index (κ2) is 5.53. The monoisotopic (exact) mass is 279 g/mol. The van der Waals surface area contributed by atoms with Crippen LogP contribution in [0.4, 0.5) is 0 Å². The van der Waals surface area contributed by atoms with Gasteiger partial charge in [-0.1, -0.05) is 0 Å². The molecule has 1 aromatic rings. The fraction of sp³-hybridized carbons (Fsp3) is 0.467. The number of hydrogen-bond donors (Lipinski definition) is 1. The summed E-state index contributed by atoms with van der Waals surface area (Å²) in [4.78, 5) is 24.9. The maximum Gasteiger partial charge on any atom is 0.329 e. The van der Waals surface area contributed by atoms with Crippen molar-refractivity contribution in [1.82, 2.24) is 4.90 Å². The molecule has 0 heterocycles. The Bertz CT molecular complexity index is 526. The lowest BCUT2D eigenvalue weighted by molar-refractivity contribution is -0.147. The van der Waals surface area contributed by atoms with E-state index >= 15 is 0 Å². The van der Waals surface area contributed by atoms with Crippen LogP contribution in [0.2, 0.25) is 0 Å². The number of carboxylic acid groups (broad SMARTS) is 1. The first-order valence-electron chi connectivity index (χ1n) is 6.29. The summed E-state index contributed by atoms with van der Waals surface area (Å²) in [5.41, 5.74) is 0.881. The number of likely N-dealkylation sites (N-methyl/N-ethyl adjacent to an activating group) is 1. The van der Waals surface area contributed by atoms with Crippen LogP contribution in [0.25, 0.3) is 0 Å². The van der Waals surface area contributed by atoms with Gasteiger partial charge in [-0.2, -0.15) is 0 Å². The van der Waals surface area contributed by atoms with E-state index in [4.69, 9.17) is 4.74 Å². The number of carboxylic acids is 1. The van der Waals surface area contributed by atoms with Crippen molar-refractivity contribution in [3.8, 4) is 5.75 Å². The molecule has 0 unspecified atom stereocenters. The van der Waals surface area contributed by atoms with Gasteiger partial charge in [-0.15, -0.1) is 0 Å². The highest BCUT2D eigenvalue weighted by molar-refractivity contribution is 5.98. The van der Waals surface area contributed by atoms with Gasteiger partial charge in [0.2, 0.25) is 0 Å². The van der Waals surface area contributed by atoms with Gasteiger partial charge >= 0.3 is 5.97 Å². The summed E-state index contributed by atoms with van der Waals surface area (Å²) in [5.74, 6) is -0.636. The van der Waals surface area contributed by atoms with Crippen LogP contribution in [0.3, 0.4) is 0 Å². The largest absolute Gasteiger partial charge is 0.496 e. The predicted molar refractivity (Wildman–Crippen MR) is 76.3 cm³/mol. The first-order chi connectivity index (χ1) is 9.12. The van der Waals surface area contributed by atoms with E-state index in [0.717, 1.165) is 16.9 Å². The minimum atomic E-state index is -1.27. The molecule has 0 aliphatic rings. The fourth-order valence-corrected chi connectivity index (χ4v) is 1.99. The molecule has 0 aromatic heterocycles. The Morgan fingerprint density at radius 3 is 2.00 bits per heavy atom. The highest BCUT2D eigenvalue weighted by Crippen LogP contribution is 2.26. The van der Waals surface area contributed by atoms with Crippen molar-refractivity contribution in [1.29, 1.82) is 0 Å². The zero-order valence-electron chi connectivity index (χ0n) is 12.8. The van der Waals surface area contributed by atoms with Gasteiger partial charge < -0.3 is 14.7 Å². The van der Waals surface area contributed by atoms with E-state index in [0.29, 0.717) is 5.56 Å². The van der Waals surface area contributed by atoms with Gasteiger partial charge in [0.25, 0.3) is 5.91 Å². The van der Waals surface area contributed by atoms with Crippen LogP contribution in [0, 0.1) is 13.8 Å². The number of rotatable bonds is 4. The zero-order chi connectivity index (χ0) is 15.7. The zero-order valence-corrected chi connectivity index (χ0v) is 12.8. The standard InChI is InChI=1S/C15H21NO4/c1-9-7-11(8-10(2)12(9)20-6)13(17)16(5)15(3,4)14(18)19/h7-8H,1-6H3,(H,18,19). The lowest BCUT2D eigenvalue weighted by atomic mass is 10.0. The molecule has 5 heteroatoms. The molecule has 0 spiro atoms. The van der Waals surface area contributed by atoms with E-state index in [1.165, 1.54) is 25.8 Å². The van der Waals surface area contributed by atoms with Crippen molar-refractivity contribution in [2.24, 2.45) is 0 Å². The Morgan fingerprint density at radius 2 is 1.65 bits per heavy atom. The molecular formula is C15H21NO4. The topological polar surface area (TPSA) is 66.8 Å². The summed E-state index contributed by atoms with van der Waals surface area (Å²) in [6, 6.07) is 3.42. The summed E-state index contributed by atoms with van der Waals surface area (Å²) in [7, 11) is 3.07. The number of methoxy groups -OCH3 is 1. The van der Waals surface area contributed by atoms with Crippen LogP contribution >= 0.6 is 0 Å². The molecule has 0 fully saturated rings. The number of aliphatic carboxylic acids is 1. The number of amides is 1. The third kappa shape index (κ3) is 2.76. The van der Waals surface area contributed by atoms with Gasteiger partial charge in [-0.25, -0.2) is 4.79 Å². The van der Waals surface area contributed by atoms with Crippen molar-refractivity contribution in [3.05, 3.63) is 28.8 Å². The number of carbonyl (C=O) groups is 2. The summed E-state index contributed by atoms with van der Waals surface area (Å²) in [6.45, 7) is 6.70. The molecule has 1 rings (SSSR count). The van der Waals surface area contributed by atoms with E-state index in [1.807, 2.05) is 13.8 Å². The van der Waals surface area contributed by atoms with Crippen molar-refractivity contribution in [3.63, 3.8) is 0 Å². The summed E-state index contributed by atoms with van der Waals surface area (Å²) in [6.07, 6.45) is 0. The SMILES string of the molecule is COc1c(C)cc(C(=O)N(C)C(C)(C)C(=O)O)cc1C. The second-order valence-corrected chi connectivity index (χ2v) is 5.37. The molecule has 0 radical (unpaired) electrons. The minimum absolute atomic E-state index is 0.328. The van der Waals surface area contributed by atoms with Gasteiger partial charge in [0.05, 0.1) is 7.11 Å². The molecule has 0 saturated heterocycles. The lowest BCUT2D eigenvalue weighted by Gasteiger charge is -2.31. The molecule has 0 atom stereocenters. The molecule has 20 heavy (non-hydrogen) atoms. The number of carbonyl (C=O) groups excluding carboxylic acids is 1. The summed E-state index contributed by atoms with van der Waals surface area (Å²) >= 11 is 0. The Morgan fingerprint density at radius 1 is 1.20 bits per heavy atom. The normalized spacial score (nSPS) is 11.1. The lowest BCUT2D eigenvalue weighted by Crippen LogP contribution is -2.50. The maximum absolute atomic E-state index is 12.4. The molecule has 5 nitrogen and oxygen atoms in total. The van der Waals surface area contributed by atoms with Crippen molar-refractivity contribution < 1.29 is 19.4 Å². The van der Waals surface area contributed by atoms with Gasteiger partial charge in [0, 0.05) is 12.6 Å². The van der Waals surface area contributed by atoms with Crippen LogP contribution in [0.15, 0.2) is 12.1 Å². The highest BCUT2D eigenvalue weighted by Gasteiger charge is 2.35. The van der Waals surface area contributed by atoms with Crippen molar-refractivity contribution >= 4 is 11.9 Å². The third-order valence-electron chi connectivity index (χ3n) is 3.58. The van der Waals surface area contributed by atoms with Crippen molar-refractivity contribution in [2.45, 2.75) is 33.2 Å². The minimum Gasteiger partial charge on any atom is -0.496 e. The number of nitrogens with zero attached hydrogens (tertiary/aromatic N) is 1. The Balaban J connectivity index is 3.20. The van der Waals surface area contributed by atoms with Crippen molar-refractivity contribution in [2.75, 3.05) is 14.2 Å². The Kier molecular flexibility index (Phi) is 4.43. The van der Waals surface area contributed by atoms with E-state index < -0.39 is 11.5 Å². The van der Waals surface area contributed by atoms with Crippen LogP contribution in [-0.2, 0) is 4.79 Å². The smallest absolute Gasteiger partial charge is 0.329 e. The van der Waals surface area contributed by atoms with Gasteiger partial charge in [0.15, 0.2) is 0 Å². The summed E-state index contributed by atoms with van der Waals surface area (Å²) in [5, 5.41) is 9.18. The van der Waals surface area contributed by atoms with Crippen LogP contribution in [0.5, 0.6) is 5.75 Å². The number of aryl methyl sites for hydroxylation is 2. The van der Waals surface area contributed by atoms with Crippen LogP contribution in [0.1, 0.15) is 35.3 Å². The van der Waals surface area contributed by atoms with Gasteiger partial charge in [0.1, 0.15) is 11.3 Å². The number of ether oxygens (including phenoxy) is 1. The third-order valence-corrected chi connectivity index (χ3v) is 3.58. The average molecular weight is 279 g/mol. The molecule has 1 amide bonds. The van der Waals surface area contributed by atoms with E-state index in [1.54, 1.807) is 19.2 Å². The van der Waals surface area contributed by atoms with E-state index in [-0.39, 0.29) is 5.91 Å². The molecule has 1 N–H and O–H groups in total. The number of benzene rings is 1. The summed E-state index contributed by atoms with van der Waals surface area (Å²) < 4.78 is 5.26. The maximum atomic E-state index is 12.4. The number of hydrogen-bond acceptors (Lipinski definition) is 3. The van der Waals surface area contributed by atoms with E-state index in [9.17, 15) is 14.7 Å². The van der Waals surface area contributed by atoms with E-state index in [2.05, 4.69) is 0 Å². The fourth-order valence-electron chi connectivity index (χ4n) is 1.99. The predicted octanol–water partition coefficient (Wildman–Crippen LogP) is 2.25. The van der Waals surface area contributed by atoms with Crippen LogP contribution < -0.4 is 4.74 Å². The quantitative estimate of drug-likeness (QED) is 0.918. The molecule has 1 aromatic carbocycles. The van der Waals surface area contributed by atoms with Crippen LogP contribution in [-0.4, -0.2) is 41.6 Å². The van der Waals surface area contributed by atoms with Gasteiger partial charge in [-0.3, -0.25) is 4.79 Å². The first kappa shape index (κ1) is 16.0. The van der Waals surface area contributed by atoms with Gasteiger partial charge in [-0.05, 0) is 51.0 Å². The molecule has 110 valence electrons. The molecule has 0 aliphatic carbocycles. The molecule has 0 aliphatic heterocycles. The molecule has 0 bridgehead atoms.